The maximum absolute atomic E-state index is 13.0. The number of esters is 1. The van der Waals surface area contributed by atoms with Gasteiger partial charge in [-0.25, -0.2) is 4.79 Å². The lowest BCUT2D eigenvalue weighted by atomic mass is 9.94. The number of methoxy groups -OCH3 is 2. The molecule has 3 aromatic carbocycles. The van der Waals surface area contributed by atoms with Gasteiger partial charge in [0.05, 0.1) is 26.0 Å². The first kappa shape index (κ1) is 32.5. The first-order chi connectivity index (χ1) is 20.6. The molecule has 0 aliphatic rings. The Labute approximate surface area is 247 Å². The van der Waals surface area contributed by atoms with Crippen molar-refractivity contribution in [3.05, 3.63) is 125 Å². The van der Waals surface area contributed by atoms with Crippen molar-refractivity contribution < 1.29 is 41.9 Å². The molecule has 0 heterocycles. The Kier molecular flexibility index (Phi) is 11.5. The molecule has 3 rings (SSSR count). The van der Waals surface area contributed by atoms with Gasteiger partial charge >= 0.3 is 12.1 Å². The number of rotatable bonds is 13. The molecule has 0 aliphatic carbocycles. The molecule has 0 fully saturated rings. The smallest absolute Gasteiger partial charge is 0.416 e. The van der Waals surface area contributed by atoms with Crippen molar-refractivity contribution in [2.24, 2.45) is 11.1 Å². The van der Waals surface area contributed by atoms with Crippen molar-refractivity contribution in [3.8, 4) is 5.75 Å². The van der Waals surface area contributed by atoms with Crippen molar-refractivity contribution in [3.63, 3.8) is 0 Å². The zero-order valence-electron chi connectivity index (χ0n) is 23.8. The van der Waals surface area contributed by atoms with Crippen LogP contribution in [0, 0.1) is 0 Å². The molecular weight excluding hydrogens is 565 g/mol. The fourth-order valence-corrected chi connectivity index (χ4v) is 4.03. The second-order valence-corrected chi connectivity index (χ2v) is 8.91. The summed E-state index contributed by atoms with van der Waals surface area (Å²) in [6.45, 7) is 5.40. The van der Waals surface area contributed by atoms with Crippen LogP contribution in [0.15, 0.2) is 102 Å². The Morgan fingerprint density at radius 2 is 1.70 bits per heavy atom. The summed E-state index contributed by atoms with van der Waals surface area (Å²) in [5.74, 6) is 5.73. The molecule has 0 aliphatic heterocycles. The van der Waals surface area contributed by atoms with Gasteiger partial charge < -0.3 is 23.9 Å². The van der Waals surface area contributed by atoms with E-state index < -0.39 is 17.7 Å². The molecule has 0 bridgehead atoms. The lowest BCUT2D eigenvalue weighted by molar-refractivity contribution is -0.137. The minimum atomic E-state index is -4.44. The first-order valence-corrected chi connectivity index (χ1v) is 12.8. The van der Waals surface area contributed by atoms with Crippen LogP contribution < -0.4 is 10.6 Å². The number of benzene rings is 3. The Morgan fingerprint density at radius 3 is 2.30 bits per heavy atom. The SMILES string of the molecule is C=CCON=C(C(C)=C(ON)c1ccccc1C(=COC)C(=O)OC)c1ccc(OCc2cccc(C(F)(F)F)c2)cc1. The molecule has 3 aromatic rings. The highest BCUT2D eigenvalue weighted by molar-refractivity contribution is 6.19. The maximum atomic E-state index is 13.0. The highest BCUT2D eigenvalue weighted by Gasteiger charge is 2.30. The van der Waals surface area contributed by atoms with E-state index in [-0.39, 0.29) is 24.5 Å². The van der Waals surface area contributed by atoms with E-state index >= 15 is 0 Å². The summed E-state index contributed by atoms with van der Waals surface area (Å²) in [6.07, 6.45) is -1.66. The lowest BCUT2D eigenvalue weighted by Crippen LogP contribution is -2.13. The average molecular weight is 597 g/mol. The van der Waals surface area contributed by atoms with E-state index in [9.17, 15) is 18.0 Å². The summed E-state index contributed by atoms with van der Waals surface area (Å²) in [7, 11) is 2.66. The van der Waals surface area contributed by atoms with Crippen LogP contribution in [0.3, 0.4) is 0 Å². The van der Waals surface area contributed by atoms with Gasteiger partial charge in [0, 0.05) is 22.3 Å². The summed E-state index contributed by atoms with van der Waals surface area (Å²) in [5, 5.41) is 4.27. The topological polar surface area (TPSA) is 102 Å². The number of hydrogen-bond acceptors (Lipinski definition) is 8. The number of carbonyl (C=O) groups is 1. The first-order valence-electron chi connectivity index (χ1n) is 12.8. The van der Waals surface area contributed by atoms with Gasteiger partial charge in [0.2, 0.25) is 0 Å². The molecule has 8 nitrogen and oxygen atoms in total. The van der Waals surface area contributed by atoms with Crippen LogP contribution in [-0.2, 0) is 36.7 Å². The highest BCUT2D eigenvalue weighted by atomic mass is 19.4. The minimum absolute atomic E-state index is 0.0644. The molecule has 0 amide bonds. The number of carbonyl (C=O) groups excluding carboxylic acids is 1. The third kappa shape index (κ3) is 8.49. The van der Waals surface area contributed by atoms with Gasteiger partial charge in [-0.2, -0.15) is 19.1 Å². The molecule has 0 unspecified atom stereocenters. The maximum Gasteiger partial charge on any atom is 0.416 e. The number of oxime groups is 1. The molecule has 0 aromatic heterocycles. The van der Waals surface area contributed by atoms with Crippen LogP contribution in [-0.4, -0.2) is 32.5 Å². The second kappa shape index (κ2) is 15.3. The van der Waals surface area contributed by atoms with E-state index in [1.165, 1.54) is 32.6 Å². The predicted molar refractivity (Wildman–Crippen MR) is 156 cm³/mol. The summed E-state index contributed by atoms with van der Waals surface area (Å²) in [5.41, 5.74) is 2.02. The number of ether oxygens (including phenoxy) is 3. The normalized spacial score (nSPS) is 12.6. The van der Waals surface area contributed by atoms with Crippen molar-refractivity contribution in [1.29, 1.82) is 0 Å². The molecule has 0 saturated carbocycles. The van der Waals surface area contributed by atoms with Gasteiger partial charge in [-0.1, -0.05) is 54.2 Å². The molecule has 0 atom stereocenters. The van der Waals surface area contributed by atoms with E-state index in [2.05, 4.69) is 11.7 Å². The average Bonchev–Trinajstić information content (AvgIpc) is 3.01. The Bertz CT molecular complexity index is 1510. The van der Waals surface area contributed by atoms with Crippen LogP contribution >= 0.6 is 0 Å². The van der Waals surface area contributed by atoms with Crippen LogP contribution in [0.25, 0.3) is 11.3 Å². The quantitative estimate of drug-likeness (QED) is 0.0447. The molecule has 0 radical (unpaired) electrons. The number of nitrogens with zero attached hydrogens (tertiary/aromatic N) is 1. The standard InChI is InChI=1S/C32H31F3N2O6/c1-5-17-42-37-29(21(2)30(43-36)27-12-7-6-11-26(27)28(20-39-3)31(38)40-4)23-13-15-25(16-14-23)41-19-22-9-8-10-24(18-22)32(33,34)35/h5-16,18,20H,1,17,19,36H2,2-4H3. The Balaban J connectivity index is 1.99. The van der Waals surface area contributed by atoms with Crippen molar-refractivity contribution in [2.45, 2.75) is 19.7 Å². The second-order valence-electron chi connectivity index (χ2n) is 8.91. The number of allylic oxidation sites excluding steroid dienone is 1. The molecular formula is C32H31F3N2O6. The van der Waals surface area contributed by atoms with Gasteiger partial charge in [0.15, 0.2) is 5.76 Å². The third-order valence-corrected chi connectivity index (χ3v) is 6.05. The van der Waals surface area contributed by atoms with E-state index in [0.29, 0.717) is 39.3 Å². The monoisotopic (exact) mass is 596 g/mol. The molecule has 11 heteroatoms. The van der Waals surface area contributed by atoms with Gasteiger partial charge in [-0.05, 0) is 48.9 Å². The number of halogens is 3. The summed E-state index contributed by atoms with van der Waals surface area (Å²) in [6, 6.07) is 18.5. The van der Waals surface area contributed by atoms with E-state index in [1.807, 2.05) is 0 Å². The van der Waals surface area contributed by atoms with E-state index in [0.717, 1.165) is 12.1 Å². The number of hydrogen-bond donors (Lipinski definition) is 1. The molecule has 2 N–H and O–H groups in total. The van der Waals surface area contributed by atoms with Gasteiger partial charge in [0.25, 0.3) is 0 Å². The number of nitrogens with two attached hydrogens (primary N) is 1. The number of alkyl halides is 3. The summed E-state index contributed by atoms with van der Waals surface area (Å²) in [4.78, 5) is 23.3. The summed E-state index contributed by atoms with van der Waals surface area (Å²) >= 11 is 0. The van der Waals surface area contributed by atoms with Gasteiger partial charge in [-0.15, -0.1) is 0 Å². The van der Waals surface area contributed by atoms with Gasteiger partial charge in [-0.3, -0.25) is 0 Å². The van der Waals surface area contributed by atoms with Crippen LogP contribution in [0.1, 0.15) is 34.7 Å². The van der Waals surface area contributed by atoms with Crippen LogP contribution in [0.2, 0.25) is 0 Å². The molecule has 43 heavy (non-hydrogen) atoms. The minimum Gasteiger partial charge on any atom is -0.503 e. The van der Waals surface area contributed by atoms with Crippen molar-refractivity contribution in [1.82, 2.24) is 0 Å². The lowest BCUT2D eigenvalue weighted by Gasteiger charge is -2.17. The fourth-order valence-electron chi connectivity index (χ4n) is 4.03. The zero-order chi connectivity index (χ0) is 31.4. The summed E-state index contributed by atoms with van der Waals surface area (Å²) < 4.78 is 54.9. The largest absolute Gasteiger partial charge is 0.503 e. The Hall–Kier alpha value is -5.03. The Morgan fingerprint density at radius 1 is 1.00 bits per heavy atom. The van der Waals surface area contributed by atoms with Crippen molar-refractivity contribution in [2.75, 3.05) is 20.8 Å². The fraction of sp³-hybridized carbons (Fsp3) is 0.188. The van der Waals surface area contributed by atoms with E-state index in [4.69, 9.17) is 29.8 Å². The van der Waals surface area contributed by atoms with Crippen molar-refractivity contribution >= 4 is 23.0 Å². The highest BCUT2D eigenvalue weighted by Crippen LogP contribution is 2.31. The zero-order valence-corrected chi connectivity index (χ0v) is 23.8. The molecule has 226 valence electrons. The predicted octanol–water partition coefficient (Wildman–Crippen LogP) is 6.67. The van der Waals surface area contributed by atoms with E-state index in [1.54, 1.807) is 61.5 Å². The van der Waals surface area contributed by atoms with Crippen LogP contribution in [0.4, 0.5) is 13.2 Å². The van der Waals surface area contributed by atoms with Crippen LogP contribution in [0.5, 0.6) is 5.75 Å². The molecule has 0 spiro atoms. The van der Waals surface area contributed by atoms with Gasteiger partial charge in [0.1, 0.15) is 30.2 Å². The third-order valence-electron chi connectivity index (χ3n) is 6.05. The molecule has 0 saturated heterocycles.